The van der Waals surface area contributed by atoms with Crippen LogP contribution >= 0.6 is 0 Å². The number of carbonyl (C=O) groups excluding carboxylic acids is 1. The van der Waals surface area contributed by atoms with Gasteiger partial charge in [-0.3, -0.25) is 19.4 Å². The molecule has 0 unspecified atom stereocenters. The second-order valence-corrected chi connectivity index (χ2v) is 8.39. The number of carbonyl (C=O) groups is 1. The fourth-order valence-corrected chi connectivity index (χ4v) is 4.07. The molecule has 0 saturated heterocycles. The van der Waals surface area contributed by atoms with E-state index < -0.39 is 0 Å². The van der Waals surface area contributed by atoms with E-state index in [1.807, 2.05) is 25.4 Å². The minimum atomic E-state index is 0.0595. The summed E-state index contributed by atoms with van der Waals surface area (Å²) in [5.74, 6) is 0.371. The van der Waals surface area contributed by atoms with Crippen LogP contribution in [-0.4, -0.2) is 30.7 Å². The van der Waals surface area contributed by atoms with Gasteiger partial charge in [0.05, 0.1) is 11.9 Å². The number of ketones is 1. The molecule has 0 bridgehead atoms. The second-order valence-electron chi connectivity index (χ2n) is 8.39. The molecule has 4 rings (SSSR count). The van der Waals surface area contributed by atoms with Crippen molar-refractivity contribution >= 4 is 16.6 Å². The fourth-order valence-electron chi connectivity index (χ4n) is 4.07. The number of pyridine rings is 2. The van der Waals surface area contributed by atoms with Gasteiger partial charge in [-0.2, -0.15) is 0 Å². The molecule has 0 N–H and O–H groups in total. The lowest BCUT2D eigenvalue weighted by Gasteiger charge is -2.05. The highest BCUT2D eigenvalue weighted by atomic mass is 16.1. The van der Waals surface area contributed by atoms with Crippen molar-refractivity contribution in [1.82, 2.24) is 25.0 Å². The second kappa shape index (κ2) is 5.43. The Balaban J connectivity index is 1.62. The number of aromatic nitrogens is 5. The van der Waals surface area contributed by atoms with Crippen LogP contribution in [0.3, 0.4) is 0 Å². The van der Waals surface area contributed by atoms with Crippen LogP contribution in [0.4, 0.5) is 0 Å². The van der Waals surface area contributed by atoms with E-state index in [1.165, 1.54) is 0 Å². The van der Waals surface area contributed by atoms with E-state index in [0.717, 1.165) is 27.9 Å². The monoisotopic (exact) mass is 349 g/mol. The Labute approximate surface area is 152 Å². The lowest BCUT2D eigenvalue weighted by atomic mass is 10.0. The van der Waals surface area contributed by atoms with Crippen molar-refractivity contribution in [1.29, 1.82) is 0 Å². The SMILES string of the molecule is Cn1cc(-c2cc3cc(CC(=O)C4C(C)(C)C4(C)C)ncc3cn2)nn1. The molecule has 0 aromatic carbocycles. The first-order valence-corrected chi connectivity index (χ1v) is 8.84. The number of hydrogen-bond acceptors (Lipinski definition) is 5. The number of Topliss-reactive ketones (excluding diaryl/α,β-unsaturated/α-hetero) is 1. The van der Waals surface area contributed by atoms with Crippen LogP contribution < -0.4 is 0 Å². The van der Waals surface area contributed by atoms with Gasteiger partial charge >= 0.3 is 0 Å². The fraction of sp³-hybridized carbons (Fsp3) is 0.450. The molecule has 0 atom stereocenters. The van der Waals surface area contributed by atoms with Crippen LogP contribution in [0.1, 0.15) is 33.4 Å². The third-order valence-corrected chi connectivity index (χ3v) is 6.22. The molecule has 1 fully saturated rings. The van der Waals surface area contributed by atoms with Crippen LogP contribution in [-0.2, 0) is 18.3 Å². The molecule has 0 radical (unpaired) electrons. The maximum absolute atomic E-state index is 12.8. The van der Waals surface area contributed by atoms with Crippen molar-refractivity contribution in [2.45, 2.75) is 34.1 Å². The highest BCUT2D eigenvalue weighted by Gasteiger charge is 2.67. The van der Waals surface area contributed by atoms with E-state index in [-0.39, 0.29) is 22.5 Å². The number of hydrogen-bond donors (Lipinski definition) is 0. The lowest BCUT2D eigenvalue weighted by molar-refractivity contribution is -0.120. The van der Waals surface area contributed by atoms with Gasteiger partial charge in [-0.05, 0) is 28.3 Å². The van der Waals surface area contributed by atoms with Crippen molar-refractivity contribution in [3.63, 3.8) is 0 Å². The quantitative estimate of drug-likeness (QED) is 0.723. The molecule has 0 aliphatic heterocycles. The zero-order valence-corrected chi connectivity index (χ0v) is 15.8. The van der Waals surface area contributed by atoms with Crippen molar-refractivity contribution in [2.24, 2.45) is 23.8 Å². The maximum Gasteiger partial charge on any atom is 0.143 e. The first-order chi connectivity index (χ1) is 12.2. The van der Waals surface area contributed by atoms with Gasteiger partial charge in [0.25, 0.3) is 0 Å². The average Bonchev–Trinajstić information content (AvgIpc) is 2.87. The summed E-state index contributed by atoms with van der Waals surface area (Å²) in [5.41, 5.74) is 2.41. The molecular weight excluding hydrogens is 326 g/mol. The Hall–Kier alpha value is -2.63. The van der Waals surface area contributed by atoms with Crippen LogP contribution in [0.2, 0.25) is 0 Å². The largest absolute Gasteiger partial charge is 0.299 e. The third-order valence-electron chi connectivity index (χ3n) is 6.22. The summed E-state index contributed by atoms with van der Waals surface area (Å²) in [5, 5.41) is 10.0. The summed E-state index contributed by atoms with van der Waals surface area (Å²) in [6.45, 7) is 8.68. The molecule has 6 nitrogen and oxygen atoms in total. The molecule has 0 spiro atoms. The van der Waals surface area contributed by atoms with Crippen LogP contribution in [0.15, 0.2) is 30.7 Å². The predicted molar refractivity (Wildman–Crippen MR) is 99.3 cm³/mol. The molecule has 26 heavy (non-hydrogen) atoms. The van der Waals surface area contributed by atoms with Gasteiger partial charge in [-0.15, -0.1) is 5.10 Å². The van der Waals surface area contributed by atoms with E-state index in [1.54, 1.807) is 17.1 Å². The van der Waals surface area contributed by atoms with Gasteiger partial charge in [0, 0.05) is 42.9 Å². The van der Waals surface area contributed by atoms with E-state index >= 15 is 0 Å². The van der Waals surface area contributed by atoms with Gasteiger partial charge in [0.2, 0.25) is 0 Å². The molecule has 6 heteroatoms. The van der Waals surface area contributed by atoms with E-state index in [0.29, 0.717) is 6.42 Å². The predicted octanol–water partition coefficient (Wildman–Crippen LogP) is 3.22. The zero-order chi connectivity index (χ0) is 18.7. The van der Waals surface area contributed by atoms with Gasteiger partial charge < -0.3 is 0 Å². The Bertz CT molecular complexity index is 1000. The van der Waals surface area contributed by atoms with Crippen molar-refractivity contribution in [2.75, 3.05) is 0 Å². The first kappa shape index (κ1) is 16.8. The molecule has 1 aliphatic rings. The Morgan fingerprint density at radius 3 is 2.35 bits per heavy atom. The standard InChI is InChI=1S/C20H23N5O/c1-19(2)18(20(19,3)4)17(26)8-14-6-12-7-15(16-11-25(5)24-23-16)22-10-13(12)9-21-14/h6-7,9-11,18H,8H2,1-5H3. The van der Waals surface area contributed by atoms with Gasteiger partial charge in [0.1, 0.15) is 11.5 Å². The van der Waals surface area contributed by atoms with Gasteiger partial charge in [-0.25, -0.2) is 0 Å². The minimum absolute atomic E-state index is 0.0595. The van der Waals surface area contributed by atoms with Gasteiger partial charge in [-0.1, -0.05) is 32.9 Å². The third kappa shape index (κ3) is 2.52. The Morgan fingerprint density at radius 1 is 1.04 bits per heavy atom. The van der Waals surface area contributed by atoms with Crippen molar-refractivity contribution < 1.29 is 4.79 Å². The number of fused-ring (bicyclic) bond motifs is 1. The van der Waals surface area contributed by atoms with E-state index in [4.69, 9.17) is 0 Å². The molecular formula is C20H23N5O. The number of aryl methyl sites for hydroxylation is 1. The summed E-state index contributed by atoms with van der Waals surface area (Å²) in [4.78, 5) is 21.7. The zero-order valence-electron chi connectivity index (χ0n) is 15.8. The van der Waals surface area contributed by atoms with Gasteiger partial charge in [0.15, 0.2) is 0 Å². The summed E-state index contributed by atoms with van der Waals surface area (Å²) in [6, 6.07) is 3.96. The van der Waals surface area contributed by atoms with Crippen LogP contribution in [0, 0.1) is 16.7 Å². The first-order valence-electron chi connectivity index (χ1n) is 8.84. The summed E-state index contributed by atoms with van der Waals surface area (Å²) < 4.78 is 1.65. The van der Waals surface area contributed by atoms with E-state index in [9.17, 15) is 4.79 Å². The summed E-state index contributed by atoms with van der Waals surface area (Å²) in [6.07, 6.45) is 5.77. The lowest BCUT2D eigenvalue weighted by Crippen LogP contribution is -2.11. The number of rotatable bonds is 4. The molecule has 134 valence electrons. The highest BCUT2D eigenvalue weighted by molar-refractivity contribution is 5.89. The molecule has 1 aliphatic carbocycles. The molecule has 1 saturated carbocycles. The van der Waals surface area contributed by atoms with Crippen LogP contribution in [0.25, 0.3) is 22.2 Å². The Morgan fingerprint density at radius 2 is 1.73 bits per heavy atom. The normalized spacial score (nSPS) is 18.2. The molecule has 3 heterocycles. The molecule has 3 aromatic rings. The molecule has 0 amide bonds. The maximum atomic E-state index is 12.8. The Kier molecular flexibility index (Phi) is 3.51. The summed E-state index contributed by atoms with van der Waals surface area (Å²) in [7, 11) is 1.83. The highest BCUT2D eigenvalue weighted by Crippen LogP contribution is 2.68. The van der Waals surface area contributed by atoms with Crippen molar-refractivity contribution in [3.8, 4) is 11.4 Å². The van der Waals surface area contributed by atoms with E-state index in [2.05, 4.69) is 48.0 Å². The summed E-state index contributed by atoms with van der Waals surface area (Å²) >= 11 is 0. The average molecular weight is 349 g/mol. The van der Waals surface area contributed by atoms with Crippen molar-refractivity contribution in [3.05, 3.63) is 36.4 Å². The minimum Gasteiger partial charge on any atom is -0.299 e. The van der Waals surface area contributed by atoms with Crippen LogP contribution in [0.5, 0.6) is 0 Å². The molecule has 3 aromatic heterocycles. The number of nitrogens with zero attached hydrogens (tertiary/aromatic N) is 5. The topological polar surface area (TPSA) is 73.6 Å². The smallest absolute Gasteiger partial charge is 0.143 e.